The number of benzene rings is 2. The Morgan fingerprint density at radius 3 is 2.33 bits per heavy atom. The van der Waals surface area contributed by atoms with Gasteiger partial charge in [0.15, 0.2) is 16.2 Å². The molecule has 1 unspecified atom stereocenters. The number of amides is 2. The van der Waals surface area contributed by atoms with Gasteiger partial charge in [-0.05, 0) is 47.1 Å². The van der Waals surface area contributed by atoms with Gasteiger partial charge in [0.2, 0.25) is 12.0 Å². The van der Waals surface area contributed by atoms with Gasteiger partial charge in [-0.25, -0.2) is 18.6 Å². The average Bonchev–Trinajstić information content (AvgIpc) is 3.42. The molecule has 250 valence electrons. The van der Waals surface area contributed by atoms with Crippen LogP contribution in [0.1, 0.15) is 48.7 Å². The SMILES string of the molecule is C=C/C=C\C=C(/C)CNC(=O)OCC(Oc1ccc(F)c(C(N)=O)c1F)c1nc(-c2ccc(C(F)(F)F)cc2)c(Br)o1.CC.CO. The number of nitrogens with zero attached hydrogens (tertiary/aromatic N) is 1. The van der Waals surface area contributed by atoms with Gasteiger partial charge in [0.25, 0.3) is 5.91 Å². The van der Waals surface area contributed by atoms with Crippen LogP contribution in [0.5, 0.6) is 5.75 Å². The number of aliphatic hydroxyl groups excluding tert-OH is 1. The zero-order chi connectivity index (χ0) is 35.0. The Morgan fingerprint density at radius 2 is 1.76 bits per heavy atom. The molecule has 0 saturated heterocycles. The first-order valence-electron chi connectivity index (χ1n) is 13.4. The number of ether oxygens (including phenoxy) is 2. The number of alkyl carbamates (subject to hydrolysis) is 1. The van der Waals surface area contributed by atoms with Gasteiger partial charge in [0, 0.05) is 19.2 Å². The van der Waals surface area contributed by atoms with Crippen LogP contribution >= 0.6 is 15.9 Å². The number of hydrogen-bond donors (Lipinski definition) is 3. The maximum atomic E-state index is 14.9. The van der Waals surface area contributed by atoms with Crippen LogP contribution in [0.2, 0.25) is 0 Å². The highest BCUT2D eigenvalue weighted by molar-refractivity contribution is 9.10. The highest BCUT2D eigenvalue weighted by Crippen LogP contribution is 2.36. The van der Waals surface area contributed by atoms with E-state index in [-0.39, 0.29) is 28.4 Å². The first kappa shape index (κ1) is 39.5. The lowest BCUT2D eigenvalue weighted by atomic mass is 10.1. The minimum absolute atomic E-state index is 0.0268. The summed E-state index contributed by atoms with van der Waals surface area (Å²) in [6.07, 6.45) is -0.207. The van der Waals surface area contributed by atoms with E-state index in [1.54, 1.807) is 31.2 Å². The predicted octanol–water partition coefficient (Wildman–Crippen LogP) is 7.67. The third-order valence-corrected chi connectivity index (χ3v) is 5.98. The van der Waals surface area contributed by atoms with E-state index in [9.17, 15) is 31.5 Å². The van der Waals surface area contributed by atoms with Crippen LogP contribution in [-0.2, 0) is 10.9 Å². The molecule has 1 aromatic heterocycles. The summed E-state index contributed by atoms with van der Waals surface area (Å²) < 4.78 is 84.1. The smallest absolute Gasteiger partial charge is 0.416 e. The number of allylic oxidation sites excluding steroid dienone is 4. The summed E-state index contributed by atoms with van der Waals surface area (Å²) in [5.74, 6) is -4.97. The number of aromatic nitrogens is 1. The Kier molecular flexibility index (Phi) is 16.4. The van der Waals surface area contributed by atoms with E-state index >= 15 is 0 Å². The minimum atomic E-state index is -4.55. The molecule has 4 N–H and O–H groups in total. The number of halogens is 6. The molecule has 0 saturated carbocycles. The van der Waals surface area contributed by atoms with Crippen molar-refractivity contribution in [3.63, 3.8) is 0 Å². The Hall–Kier alpha value is -4.50. The van der Waals surface area contributed by atoms with Crippen molar-refractivity contribution in [2.24, 2.45) is 5.73 Å². The molecule has 0 spiro atoms. The second-order valence-electron chi connectivity index (χ2n) is 8.54. The van der Waals surface area contributed by atoms with Gasteiger partial charge in [0.1, 0.15) is 23.7 Å². The molecule has 46 heavy (non-hydrogen) atoms. The molecule has 0 fully saturated rings. The molecule has 1 heterocycles. The molecule has 0 aliphatic rings. The van der Waals surface area contributed by atoms with Crippen LogP contribution < -0.4 is 15.8 Å². The number of nitrogens with one attached hydrogen (secondary N) is 1. The van der Waals surface area contributed by atoms with Crippen molar-refractivity contribution in [2.75, 3.05) is 20.3 Å². The third-order valence-electron chi connectivity index (χ3n) is 5.44. The fourth-order valence-electron chi connectivity index (χ4n) is 3.38. The number of nitrogens with two attached hydrogens (primary N) is 1. The number of rotatable bonds is 11. The van der Waals surface area contributed by atoms with Gasteiger partial charge < -0.3 is 30.0 Å². The van der Waals surface area contributed by atoms with Crippen LogP contribution in [0, 0.1) is 11.6 Å². The van der Waals surface area contributed by atoms with E-state index in [0.29, 0.717) is 0 Å². The van der Waals surface area contributed by atoms with E-state index in [1.165, 1.54) is 0 Å². The topological polar surface area (TPSA) is 137 Å². The van der Waals surface area contributed by atoms with Gasteiger partial charge in [-0.3, -0.25) is 4.79 Å². The Morgan fingerprint density at radius 1 is 1.13 bits per heavy atom. The molecular formula is C31H33BrF5N3O6. The monoisotopic (exact) mass is 717 g/mol. The normalized spacial score (nSPS) is 11.8. The number of hydrogen-bond acceptors (Lipinski definition) is 7. The van der Waals surface area contributed by atoms with Crippen LogP contribution in [0.15, 0.2) is 81.9 Å². The lowest BCUT2D eigenvalue weighted by Crippen LogP contribution is -2.28. The number of primary amides is 1. The Labute approximate surface area is 270 Å². The molecule has 0 radical (unpaired) electrons. The van der Waals surface area contributed by atoms with Crippen molar-refractivity contribution in [2.45, 2.75) is 33.1 Å². The van der Waals surface area contributed by atoms with Crippen LogP contribution in [0.4, 0.5) is 26.7 Å². The summed E-state index contributed by atoms with van der Waals surface area (Å²) in [6, 6.07) is 5.64. The summed E-state index contributed by atoms with van der Waals surface area (Å²) in [6.45, 7) is 8.79. The summed E-state index contributed by atoms with van der Waals surface area (Å²) >= 11 is 3.14. The van der Waals surface area contributed by atoms with E-state index in [0.717, 1.165) is 49.1 Å². The fraction of sp³-hybridized carbons (Fsp3) is 0.258. The van der Waals surface area contributed by atoms with Crippen molar-refractivity contribution >= 4 is 27.9 Å². The van der Waals surface area contributed by atoms with Gasteiger partial charge in [0.05, 0.1) is 5.56 Å². The van der Waals surface area contributed by atoms with Crippen LogP contribution in [0.3, 0.4) is 0 Å². The largest absolute Gasteiger partial charge is 0.474 e. The molecule has 0 bridgehead atoms. The van der Waals surface area contributed by atoms with E-state index in [4.69, 9.17) is 24.7 Å². The molecule has 15 heteroatoms. The van der Waals surface area contributed by atoms with Crippen molar-refractivity contribution < 1.29 is 50.5 Å². The van der Waals surface area contributed by atoms with Crippen molar-refractivity contribution in [1.82, 2.24) is 10.3 Å². The summed E-state index contributed by atoms with van der Waals surface area (Å²) in [7, 11) is 1.00. The number of aliphatic hydroxyl groups is 1. The molecule has 0 aliphatic carbocycles. The van der Waals surface area contributed by atoms with Gasteiger partial charge in [-0.1, -0.05) is 62.4 Å². The first-order chi connectivity index (χ1) is 21.8. The second-order valence-corrected chi connectivity index (χ2v) is 9.26. The molecular weight excluding hydrogens is 685 g/mol. The maximum Gasteiger partial charge on any atom is 0.416 e. The second kappa shape index (κ2) is 19.1. The molecule has 3 aromatic rings. The quantitative estimate of drug-likeness (QED) is 0.137. The zero-order valence-corrected chi connectivity index (χ0v) is 26.8. The highest BCUT2D eigenvalue weighted by Gasteiger charge is 2.31. The molecule has 1 atom stereocenters. The van der Waals surface area contributed by atoms with Crippen molar-refractivity contribution in [3.8, 4) is 17.0 Å². The molecule has 9 nitrogen and oxygen atoms in total. The lowest BCUT2D eigenvalue weighted by Gasteiger charge is -2.18. The van der Waals surface area contributed by atoms with E-state index in [1.807, 2.05) is 13.8 Å². The number of carbonyl (C=O) groups is 2. The number of alkyl halides is 3. The number of carbonyl (C=O) groups excluding carboxylic acids is 2. The van der Waals surface area contributed by atoms with E-state index < -0.39 is 59.4 Å². The van der Waals surface area contributed by atoms with Crippen LogP contribution in [0.25, 0.3) is 11.3 Å². The molecule has 3 rings (SSSR count). The van der Waals surface area contributed by atoms with Gasteiger partial charge in [-0.15, -0.1) is 0 Å². The maximum absolute atomic E-state index is 14.9. The lowest BCUT2D eigenvalue weighted by molar-refractivity contribution is -0.137. The molecule has 2 amide bonds. The average molecular weight is 719 g/mol. The zero-order valence-electron chi connectivity index (χ0n) is 25.3. The summed E-state index contributed by atoms with van der Waals surface area (Å²) in [5.41, 5.74) is 4.18. The van der Waals surface area contributed by atoms with Gasteiger partial charge >= 0.3 is 12.3 Å². The number of oxazole rings is 1. The highest BCUT2D eigenvalue weighted by atomic mass is 79.9. The minimum Gasteiger partial charge on any atom is -0.474 e. The third kappa shape index (κ3) is 11.5. The standard InChI is InChI=1S/C28H23BrF5N3O5.C2H6.CH4O/c1-3-4-5-6-15(2)13-36-27(39)40-14-20(41-19-12-11-18(30)21(22(19)31)25(35)38)26-37-23(24(29)42-26)16-7-9-17(10-8-16)28(32,33)34;2*1-2/h3-12,20H,1,13-14H2,2H3,(H2,35,38)(H,36,39);1-2H3;2H,1H3/b5-4-,15-6+;;. The van der Waals surface area contributed by atoms with Gasteiger partial charge in [-0.2, -0.15) is 13.2 Å². The fourth-order valence-corrected chi connectivity index (χ4v) is 3.86. The first-order valence-corrected chi connectivity index (χ1v) is 14.2. The van der Waals surface area contributed by atoms with Crippen molar-refractivity contribution in [3.05, 3.63) is 106 Å². The van der Waals surface area contributed by atoms with Crippen LogP contribution in [-0.4, -0.2) is 42.4 Å². The molecule has 2 aromatic carbocycles. The predicted molar refractivity (Wildman–Crippen MR) is 165 cm³/mol. The van der Waals surface area contributed by atoms with Crippen molar-refractivity contribution in [1.29, 1.82) is 0 Å². The summed E-state index contributed by atoms with van der Waals surface area (Å²) in [4.78, 5) is 28.1. The Bertz CT molecular complexity index is 1520. The molecule has 0 aliphatic heterocycles. The Balaban J connectivity index is 0.00000254. The summed E-state index contributed by atoms with van der Waals surface area (Å²) in [5, 5.41) is 9.50. The van der Waals surface area contributed by atoms with E-state index in [2.05, 4.69) is 32.8 Å².